The molecule has 6 nitrogen and oxygen atoms in total. The third kappa shape index (κ3) is 7.64. The summed E-state index contributed by atoms with van der Waals surface area (Å²) in [6.45, 7) is 1.92. The molecule has 12 heteroatoms. The molecule has 5 rings (SSSR count). The van der Waals surface area contributed by atoms with Crippen LogP contribution in [0.3, 0.4) is 0 Å². The van der Waals surface area contributed by atoms with E-state index in [-0.39, 0.29) is 17.8 Å². The number of nitrogens with two attached hydrogens (primary N) is 1. The molecule has 1 unspecified atom stereocenters. The molecule has 3 aromatic carbocycles. The molecule has 3 N–H and O–H groups in total. The normalized spacial score (nSPS) is 14.4. The number of hydrogen-bond donors (Lipinski definition) is 2. The number of halogens is 6. The van der Waals surface area contributed by atoms with E-state index in [1.54, 1.807) is 78.8 Å². The smallest absolute Gasteiger partial charge is 0.341 e. The van der Waals surface area contributed by atoms with Crippen LogP contribution in [0.4, 0.5) is 37.7 Å². The predicted molar refractivity (Wildman–Crippen MR) is 163 cm³/mol. The predicted octanol–water partition coefficient (Wildman–Crippen LogP) is 7.44. The van der Waals surface area contributed by atoms with Gasteiger partial charge in [-0.15, -0.1) is 0 Å². The van der Waals surface area contributed by atoms with Gasteiger partial charge in [-0.25, -0.2) is 10.4 Å². The van der Waals surface area contributed by atoms with Gasteiger partial charge in [0.05, 0.1) is 23.0 Å². The van der Waals surface area contributed by atoms with Crippen molar-refractivity contribution in [3.8, 4) is 0 Å². The van der Waals surface area contributed by atoms with Crippen LogP contribution < -0.4 is 21.1 Å². The quantitative estimate of drug-likeness (QED) is 0.119. The largest absolute Gasteiger partial charge is 0.416 e. The van der Waals surface area contributed by atoms with E-state index in [0.29, 0.717) is 23.4 Å². The second-order valence-corrected chi connectivity index (χ2v) is 10.7. The maximum Gasteiger partial charge on any atom is 0.416 e. The lowest BCUT2D eigenvalue weighted by atomic mass is 10.0. The second kappa shape index (κ2) is 13.2. The van der Waals surface area contributed by atoms with E-state index in [9.17, 15) is 31.1 Å². The number of benzene rings is 3. The van der Waals surface area contributed by atoms with Gasteiger partial charge in [-0.05, 0) is 84.8 Å². The Bertz CT molecular complexity index is 1770. The molecule has 0 radical (unpaired) electrons. The van der Waals surface area contributed by atoms with Crippen LogP contribution in [-0.2, 0) is 18.8 Å². The van der Waals surface area contributed by atoms with E-state index in [4.69, 9.17) is 5.73 Å². The van der Waals surface area contributed by atoms with Crippen molar-refractivity contribution in [3.05, 3.63) is 149 Å². The number of anilines is 2. The fourth-order valence-electron chi connectivity index (χ4n) is 5.03. The number of carbonyl (C=O) groups excluding carboxylic acids is 1. The first kappa shape index (κ1) is 32.5. The van der Waals surface area contributed by atoms with E-state index >= 15 is 0 Å². The third-order valence-corrected chi connectivity index (χ3v) is 7.34. The maximum atomic E-state index is 13.7. The molecule has 0 bridgehead atoms. The van der Waals surface area contributed by atoms with Crippen LogP contribution in [0.2, 0.25) is 0 Å². The summed E-state index contributed by atoms with van der Waals surface area (Å²) in [7, 11) is 0. The number of amides is 1. The van der Waals surface area contributed by atoms with Crippen molar-refractivity contribution in [1.29, 1.82) is 0 Å². The van der Waals surface area contributed by atoms with Gasteiger partial charge in [-0.2, -0.15) is 26.3 Å². The van der Waals surface area contributed by atoms with Crippen molar-refractivity contribution in [2.24, 2.45) is 5.73 Å². The second-order valence-electron chi connectivity index (χ2n) is 10.7. The number of aromatic nitrogens is 1. The Labute approximate surface area is 261 Å². The molecule has 1 aromatic heterocycles. The molecule has 1 amide bonds. The molecular formula is C34H29F6N5O. The van der Waals surface area contributed by atoms with Gasteiger partial charge in [-0.1, -0.05) is 35.9 Å². The number of pyridine rings is 1. The van der Waals surface area contributed by atoms with Gasteiger partial charge in [0.25, 0.3) is 5.91 Å². The summed E-state index contributed by atoms with van der Waals surface area (Å²) < 4.78 is 81.5. The number of rotatable bonds is 8. The molecule has 0 fully saturated rings. The molecule has 0 saturated carbocycles. The summed E-state index contributed by atoms with van der Waals surface area (Å²) in [6, 6.07) is 19.4. The highest BCUT2D eigenvalue weighted by Crippen LogP contribution is 2.35. The first-order valence-corrected chi connectivity index (χ1v) is 14.1. The van der Waals surface area contributed by atoms with Crippen LogP contribution in [0, 0.1) is 6.92 Å². The fourth-order valence-corrected chi connectivity index (χ4v) is 5.03. The molecule has 2 heterocycles. The Balaban J connectivity index is 1.50. The highest BCUT2D eigenvalue weighted by Gasteiger charge is 2.33. The zero-order chi connectivity index (χ0) is 33.1. The number of hydrogen-bond acceptors (Lipinski definition) is 5. The van der Waals surface area contributed by atoms with Gasteiger partial charge in [0, 0.05) is 42.3 Å². The SMILES string of the molecule is Cc1cccc(C(=O)N(NC(N)C2=CCN(c3cccc(C(F)(F)F)c3)C(Cc3ccncc3)=C2)c2cccc(C(F)(F)F)c2)c1. The van der Waals surface area contributed by atoms with Gasteiger partial charge in [0.2, 0.25) is 0 Å². The number of allylic oxidation sites excluding steroid dienone is 1. The summed E-state index contributed by atoms with van der Waals surface area (Å²) in [5.41, 5.74) is 10.8. The van der Waals surface area contributed by atoms with Crippen molar-refractivity contribution in [2.75, 3.05) is 16.5 Å². The average molecular weight is 638 g/mol. The molecular weight excluding hydrogens is 608 g/mol. The molecule has 238 valence electrons. The number of nitrogens with zero attached hydrogens (tertiary/aromatic N) is 3. The Morgan fingerprint density at radius 2 is 1.57 bits per heavy atom. The number of aryl methyl sites for hydroxylation is 1. The van der Waals surface area contributed by atoms with Crippen LogP contribution in [0.1, 0.15) is 32.6 Å². The van der Waals surface area contributed by atoms with Crippen molar-refractivity contribution in [1.82, 2.24) is 10.4 Å². The summed E-state index contributed by atoms with van der Waals surface area (Å²) in [5, 5.41) is 0.977. The maximum absolute atomic E-state index is 13.7. The van der Waals surface area contributed by atoms with Gasteiger partial charge in [0.1, 0.15) is 0 Å². The molecule has 4 aromatic rings. The first-order chi connectivity index (χ1) is 21.8. The first-order valence-electron chi connectivity index (χ1n) is 14.1. The Morgan fingerprint density at radius 1 is 0.913 bits per heavy atom. The minimum absolute atomic E-state index is 0.0835. The van der Waals surface area contributed by atoms with Gasteiger partial charge < -0.3 is 10.6 Å². The summed E-state index contributed by atoms with van der Waals surface area (Å²) >= 11 is 0. The molecule has 46 heavy (non-hydrogen) atoms. The van der Waals surface area contributed by atoms with Crippen LogP contribution >= 0.6 is 0 Å². The number of carbonyl (C=O) groups is 1. The van der Waals surface area contributed by atoms with E-state index in [0.717, 1.165) is 40.4 Å². The lowest BCUT2D eigenvalue weighted by Crippen LogP contribution is -2.53. The molecule has 1 aliphatic rings. The molecule has 0 saturated heterocycles. The number of hydrazine groups is 1. The minimum atomic E-state index is -4.65. The Hall–Kier alpha value is -4.94. The minimum Gasteiger partial charge on any atom is -0.341 e. The summed E-state index contributed by atoms with van der Waals surface area (Å²) in [5.74, 6) is -0.638. The van der Waals surface area contributed by atoms with Gasteiger partial charge in [0.15, 0.2) is 0 Å². The zero-order valence-electron chi connectivity index (χ0n) is 24.5. The Morgan fingerprint density at radius 3 is 2.24 bits per heavy atom. The highest BCUT2D eigenvalue weighted by molar-refractivity contribution is 6.05. The van der Waals surface area contributed by atoms with E-state index < -0.39 is 35.6 Å². The Kier molecular flexibility index (Phi) is 9.31. The van der Waals surface area contributed by atoms with Crippen molar-refractivity contribution >= 4 is 17.3 Å². The van der Waals surface area contributed by atoms with E-state index in [1.807, 2.05) is 0 Å². The number of alkyl halides is 6. The van der Waals surface area contributed by atoms with Crippen LogP contribution in [0.15, 0.2) is 121 Å². The van der Waals surface area contributed by atoms with Gasteiger partial charge >= 0.3 is 12.4 Å². The standard InChI is InChI=1S/C34H29F6N5O/c1-22-5-2-6-25(17-22)32(46)45(29-10-4-8-27(21-29)34(38,39)40)43-31(41)24-13-16-44(28-9-3-7-26(20-28)33(35,36)37)30(19-24)18-23-11-14-42-15-12-23/h2-15,17,19-21,31,43H,16,18,41H2,1H3. The lowest BCUT2D eigenvalue weighted by molar-refractivity contribution is -0.138. The molecule has 0 spiro atoms. The molecule has 0 aliphatic carbocycles. The van der Waals surface area contributed by atoms with Crippen molar-refractivity contribution in [2.45, 2.75) is 31.9 Å². The summed E-state index contributed by atoms with van der Waals surface area (Å²) in [4.78, 5) is 19.5. The lowest BCUT2D eigenvalue weighted by Gasteiger charge is -2.34. The van der Waals surface area contributed by atoms with Crippen LogP contribution in [0.25, 0.3) is 0 Å². The van der Waals surface area contributed by atoms with Gasteiger partial charge in [-0.3, -0.25) is 9.78 Å². The fraction of sp³-hybridized carbons (Fsp3) is 0.176. The van der Waals surface area contributed by atoms with E-state index in [2.05, 4.69) is 10.4 Å². The van der Waals surface area contributed by atoms with Crippen molar-refractivity contribution < 1.29 is 31.1 Å². The molecule has 1 atom stereocenters. The number of nitrogens with one attached hydrogen (secondary N) is 1. The molecule has 1 aliphatic heterocycles. The zero-order valence-corrected chi connectivity index (χ0v) is 24.5. The highest BCUT2D eigenvalue weighted by atomic mass is 19.4. The van der Waals surface area contributed by atoms with Crippen LogP contribution in [0.5, 0.6) is 0 Å². The van der Waals surface area contributed by atoms with Crippen LogP contribution in [-0.4, -0.2) is 23.6 Å². The summed E-state index contributed by atoms with van der Waals surface area (Å²) in [6.07, 6.45) is -3.40. The topological polar surface area (TPSA) is 74.5 Å². The average Bonchev–Trinajstić information content (AvgIpc) is 3.03. The van der Waals surface area contributed by atoms with Crippen molar-refractivity contribution in [3.63, 3.8) is 0 Å². The van der Waals surface area contributed by atoms with E-state index in [1.165, 1.54) is 18.2 Å². The third-order valence-electron chi connectivity index (χ3n) is 7.34. The monoisotopic (exact) mass is 637 g/mol.